The van der Waals surface area contributed by atoms with Gasteiger partial charge < -0.3 is 20.3 Å². The maximum atomic E-state index is 6.42. The third-order valence-electron chi connectivity index (χ3n) is 6.45. The van der Waals surface area contributed by atoms with Crippen LogP contribution in [0.1, 0.15) is 41.9 Å². The van der Waals surface area contributed by atoms with E-state index in [0.717, 1.165) is 69.2 Å². The van der Waals surface area contributed by atoms with Crippen LogP contribution in [0.3, 0.4) is 0 Å². The average molecular weight is 407 g/mol. The summed E-state index contributed by atoms with van der Waals surface area (Å²) in [5, 5.41) is 8.77. The highest BCUT2D eigenvalue weighted by molar-refractivity contribution is 5.42. The number of likely N-dealkylation sites (N-methyl/N-ethyl adjacent to an activating group) is 1. The Morgan fingerprint density at radius 3 is 2.63 bits per heavy atom. The molecule has 3 aromatic rings. The van der Waals surface area contributed by atoms with Crippen molar-refractivity contribution in [1.82, 2.24) is 24.4 Å². The lowest BCUT2D eigenvalue weighted by atomic mass is 9.86. The Bertz CT molecular complexity index is 1010. The molecule has 2 aliphatic rings. The molecule has 1 unspecified atom stereocenters. The Balaban J connectivity index is 1.32. The molecule has 3 heterocycles. The van der Waals surface area contributed by atoms with E-state index in [-0.39, 0.29) is 12.1 Å². The van der Waals surface area contributed by atoms with Crippen molar-refractivity contribution in [2.75, 3.05) is 39.8 Å². The molecule has 0 saturated carbocycles. The molecule has 30 heavy (non-hydrogen) atoms. The van der Waals surface area contributed by atoms with E-state index in [4.69, 9.17) is 10.5 Å². The summed E-state index contributed by atoms with van der Waals surface area (Å²) in [5.74, 6) is 1.83. The van der Waals surface area contributed by atoms with Crippen LogP contribution in [0.4, 0.5) is 0 Å². The fourth-order valence-electron chi connectivity index (χ4n) is 4.56. The standard InChI is InChI=1S/C23H30N6O/c1-27-12-14-28(15-13-27)11-10-23-26-25-22-9-6-17(16-29(22)23)30-21-8-7-20(24)18-4-2-3-5-19(18)21/h2-6,9,16,20-21H,7-8,10-15,24H2,1H3/t20?,21-/m1/s1. The van der Waals surface area contributed by atoms with Crippen LogP contribution in [0, 0.1) is 0 Å². The number of nitrogens with two attached hydrogens (primary N) is 1. The molecule has 1 aliphatic carbocycles. The van der Waals surface area contributed by atoms with E-state index in [1.54, 1.807) is 0 Å². The quantitative estimate of drug-likeness (QED) is 0.702. The number of pyridine rings is 1. The minimum Gasteiger partial charge on any atom is -0.484 e. The van der Waals surface area contributed by atoms with Gasteiger partial charge in [0.25, 0.3) is 0 Å². The van der Waals surface area contributed by atoms with Crippen LogP contribution in [0.2, 0.25) is 0 Å². The zero-order valence-electron chi connectivity index (χ0n) is 17.6. The molecular formula is C23H30N6O. The van der Waals surface area contributed by atoms with E-state index >= 15 is 0 Å². The number of nitrogens with zero attached hydrogens (tertiary/aromatic N) is 5. The molecule has 1 aliphatic heterocycles. The molecule has 1 fully saturated rings. The zero-order valence-corrected chi connectivity index (χ0v) is 17.6. The number of hydrogen-bond donors (Lipinski definition) is 1. The fourth-order valence-corrected chi connectivity index (χ4v) is 4.56. The highest BCUT2D eigenvalue weighted by Crippen LogP contribution is 2.37. The van der Waals surface area contributed by atoms with Crippen LogP contribution in [-0.4, -0.2) is 64.2 Å². The molecule has 0 amide bonds. The second kappa shape index (κ2) is 8.34. The van der Waals surface area contributed by atoms with Crippen LogP contribution < -0.4 is 10.5 Å². The lowest BCUT2D eigenvalue weighted by Crippen LogP contribution is -2.45. The number of ether oxygens (including phenoxy) is 1. The molecule has 2 N–H and O–H groups in total. The van der Waals surface area contributed by atoms with Gasteiger partial charge >= 0.3 is 0 Å². The third-order valence-corrected chi connectivity index (χ3v) is 6.45. The van der Waals surface area contributed by atoms with E-state index in [0.29, 0.717) is 0 Å². The Morgan fingerprint density at radius 1 is 1.00 bits per heavy atom. The van der Waals surface area contributed by atoms with E-state index in [1.807, 2.05) is 18.3 Å². The molecule has 7 heteroatoms. The van der Waals surface area contributed by atoms with Crippen LogP contribution in [0.5, 0.6) is 5.75 Å². The predicted octanol–water partition coefficient (Wildman–Crippen LogP) is 2.43. The summed E-state index contributed by atoms with van der Waals surface area (Å²) in [4.78, 5) is 4.88. The molecule has 0 spiro atoms. The van der Waals surface area contributed by atoms with Gasteiger partial charge in [-0.05, 0) is 43.1 Å². The van der Waals surface area contributed by atoms with Gasteiger partial charge in [0.05, 0.1) is 6.20 Å². The Hall–Kier alpha value is -2.48. The van der Waals surface area contributed by atoms with Gasteiger partial charge in [-0.2, -0.15) is 0 Å². The lowest BCUT2D eigenvalue weighted by Gasteiger charge is -2.32. The van der Waals surface area contributed by atoms with E-state index in [9.17, 15) is 0 Å². The first-order valence-corrected chi connectivity index (χ1v) is 10.9. The second-order valence-corrected chi connectivity index (χ2v) is 8.52. The molecule has 7 nitrogen and oxygen atoms in total. The Kier molecular flexibility index (Phi) is 5.41. The van der Waals surface area contributed by atoms with Gasteiger partial charge in [0.2, 0.25) is 0 Å². The van der Waals surface area contributed by atoms with Gasteiger partial charge in [0, 0.05) is 45.2 Å². The Morgan fingerprint density at radius 2 is 1.80 bits per heavy atom. The van der Waals surface area contributed by atoms with Crippen molar-refractivity contribution in [2.45, 2.75) is 31.4 Å². The molecule has 1 saturated heterocycles. The van der Waals surface area contributed by atoms with Crippen molar-refractivity contribution in [1.29, 1.82) is 0 Å². The maximum absolute atomic E-state index is 6.42. The van der Waals surface area contributed by atoms with Gasteiger partial charge in [0.1, 0.15) is 17.7 Å². The van der Waals surface area contributed by atoms with Crippen molar-refractivity contribution in [3.05, 3.63) is 59.5 Å². The second-order valence-electron chi connectivity index (χ2n) is 8.52. The maximum Gasteiger partial charge on any atom is 0.161 e. The van der Waals surface area contributed by atoms with Crippen LogP contribution in [0.15, 0.2) is 42.6 Å². The highest BCUT2D eigenvalue weighted by atomic mass is 16.5. The summed E-state index contributed by atoms with van der Waals surface area (Å²) in [6, 6.07) is 12.5. The van der Waals surface area contributed by atoms with Gasteiger partial charge in [-0.3, -0.25) is 4.40 Å². The van der Waals surface area contributed by atoms with E-state index in [2.05, 4.69) is 55.7 Å². The van der Waals surface area contributed by atoms with Crippen molar-refractivity contribution in [3.63, 3.8) is 0 Å². The summed E-state index contributed by atoms with van der Waals surface area (Å²) < 4.78 is 8.50. The topological polar surface area (TPSA) is 71.9 Å². The summed E-state index contributed by atoms with van der Waals surface area (Å²) >= 11 is 0. The molecule has 1 aromatic carbocycles. The first kappa shape index (κ1) is 19.5. The van der Waals surface area contributed by atoms with Gasteiger partial charge in [-0.1, -0.05) is 24.3 Å². The fraction of sp³-hybridized carbons (Fsp3) is 0.478. The first-order chi connectivity index (χ1) is 14.7. The molecular weight excluding hydrogens is 376 g/mol. The first-order valence-electron chi connectivity index (χ1n) is 10.9. The van der Waals surface area contributed by atoms with Crippen molar-refractivity contribution < 1.29 is 4.74 Å². The number of piperazine rings is 1. The molecule has 2 aromatic heterocycles. The number of fused-ring (bicyclic) bond motifs is 2. The number of benzene rings is 1. The van der Waals surface area contributed by atoms with Gasteiger partial charge in [-0.15, -0.1) is 10.2 Å². The van der Waals surface area contributed by atoms with E-state index < -0.39 is 0 Å². The number of aromatic nitrogens is 3. The molecule has 0 bridgehead atoms. The largest absolute Gasteiger partial charge is 0.484 e. The van der Waals surface area contributed by atoms with Crippen molar-refractivity contribution >= 4 is 5.65 Å². The molecule has 0 radical (unpaired) electrons. The van der Waals surface area contributed by atoms with Gasteiger partial charge in [-0.25, -0.2) is 0 Å². The number of rotatable bonds is 5. The summed E-state index contributed by atoms with van der Waals surface area (Å²) in [5.41, 5.74) is 9.57. The lowest BCUT2D eigenvalue weighted by molar-refractivity contribution is 0.155. The SMILES string of the molecule is CN1CCN(CCc2nnc3ccc(O[C@@H]4CCC(N)c5ccccc54)cn23)CC1. The average Bonchev–Trinajstić information content (AvgIpc) is 3.18. The normalized spacial score (nSPS) is 22.9. The summed E-state index contributed by atoms with van der Waals surface area (Å²) in [7, 11) is 2.18. The van der Waals surface area contributed by atoms with Crippen LogP contribution in [0.25, 0.3) is 5.65 Å². The monoisotopic (exact) mass is 406 g/mol. The molecule has 2 atom stereocenters. The minimum absolute atomic E-state index is 0.0312. The number of hydrogen-bond acceptors (Lipinski definition) is 6. The van der Waals surface area contributed by atoms with Crippen molar-refractivity contribution in [2.24, 2.45) is 5.73 Å². The summed E-state index contributed by atoms with van der Waals surface area (Å²) in [6.07, 6.45) is 4.81. The van der Waals surface area contributed by atoms with Crippen LogP contribution >= 0.6 is 0 Å². The Labute approximate surface area is 177 Å². The minimum atomic E-state index is 0.0312. The molecule has 5 rings (SSSR count). The summed E-state index contributed by atoms with van der Waals surface area (Å²) in [6.45, 7) is 5.50. The highest BCUT2D eigenvalue weighted by Gasteiger charge is 2.26. The smallest absolute Gasteiger partial charge is 0.161 e. The predicted molar refractivity (Wildman–Crippen MR) is 117 cm³/mol. The third kappa shape index (κ3) is 3.93. The van der Waals surface area contributed by atoms with Crippen LogP contribution in [-0.2, 0) is 6.42 Å². The van der Waals surface area contributed by atoms with E-state index in [1.165, 1.54) is 11.1 Å². The zero-order chi connectivity index (χ0) is 20.5. The molecule has 158 valence electrons. The van der Waals surface area contributed by atoms with Gasteiger partial charge in [0.15, 0.2) is 5.65 Å². The van der Waals surface area contributed by atoms with Crippen molar-refractivity contribution in [3.8, 4) is 5.75 Å².